The predicted molar refractivity (Wildman–Crippen MR) is 124 cm³/mol. The van der Waals surface area contributed by atoms with Crippen molar-refractivity contribution < 1.29 is 18.4 Å². The van der Waals surface area contributed by atoms with Crippen molar-refractivity contribution in [2.75, 3.05) is 24.1 Å². The third-order valence-corrected chi connectivity index (χ3v) is 6.00. The fourth-order valence-corrected chi connectivity index (χ4v) is 4.40. The van der Waals surface area contributed by atoms with E-state index in [0.29, 0.717) is 30.6 Å². The minimum atomic E-state index is -0.652. The number of hydrogen-bond acceptors (Lipinski definition) is 7. The zero-order chi connectivity index (χ0) is 24.0. The highest BCUT2D eigenvalue weighted by Gasteiger charge is 2.30. The topological polar surface area (TPSA) is 132 Å². The van der Waals surface area contributed by atoms with Crippen LogP contribution in [0.2, 0.25) is 5.02 Å². The molecule has 0 bridgehead atoms. The maximum absolute atomic E-state index is 13.5. The Hall–Kier alpha value is -3.99. The molecule has 4 aromatic rings. The smallest absolute Gasteiger partial charge is 0.302 e. The summed E-state index contributed by atoms with van der Waals surface area (Å²) >= 11 is 6.45. The molecule has 12 heteroatoms. The molecule has 0 saturated carbocycles. The summed E-state index contributed by atoms with van der Waals surface area (Å²) in [5.41, 5.74) is 7.09. The number of hydrogen-bond donors (Lipinski definition) is 2. The maximum Gasteiger partial charge on any atom is 0.302 e. The van der Waals surface area contributed by atoms with Gasteiger partial charge in [-0.1, -0.05) is 18.2 Å². The molecule has 1 saturated heterocycles. The molecule has 4 heterocycles. The van der Waals surface area contributed by atoms with Gasteiger partial charge in [0.2, 0.25) is 5.91 Å². The fourth-order valence-electron chi connectivity index (χ4n) is 4.17. The number of likely N-dealkylation sites (tertiary alicyclic amines) is 1. The van der Waals surface area contributed by atoms with Crippen LogP contribution in [0, 0.1) is 5.82 Å². The average molecular weight is 484 g/mol. The summed E-state index contributed by atoms with van der Waals surface area (Å²) < 4.78 is 20.6. The Balaban J connectivity index is 1.54. The molecule has 174 valence electrons. The molecule has 34 heavy (non-hydrogen) atoms. The molecular weight excluding hydrogens is 465 g/mol. The number of carbonyl (C=O) groups is 2. The van der Waals surface area contributed by atoms with E-state index < -0.39 is 11.7 Å². The summed E-state index contributed by atoms with van der Waals surface area (Å²) in [6.45, 7) is 4.52. The van der Waals surface area contributed by atoms with Gasteiger partial charge in [0.05, 0.1) is 28.2 Å². The largest absolute Gasteiger partial charge is 0.423 e. The van der Waals surface area contributed by atoms with Gasteiger partial charge in [-0.2, -0.15) is 10.1 Å². The van der Waals surface area contributed by atoms with Crippen LogP contribution in [-0.4, -0.2) is 49.6 Å². The summed E-state index contributed by atoms with van der Waals surface area (Å²) in [4.78, 5) is 35.2. The van der Waals surface area contributed by atoms with Gasteiger partial charge in [0.25, 0.3) is 5.91 Å². The molecule has 5 rings (SSSR count). The molecule has 10 nitrogen and oxygen atoms in total. The van der Waals surface area contributed by atoms with Crippen molar-refractivity contribution in [1.29, 1.82) is 0 Å². The number of halogens is 2. The lowest BCUT2D eigenvalue weighted by Crippen LogP contribution is -2.40. The Kier molecular flexibility index (Phi) is 5.40. The molecule has 1 aliphatic rings. The molecule has 3 N–H and O–H groups in total. The van der Waals surface area contributed by atoms with Crippen LogP contribution in [0.1, 0.15) is 29.4 Å². The molecule has 3 aromatic heterocycles. The number of oxazole rings is 1. The molecular formula is C22H19ClFN7O3. The zero-order valence-electron chi connectivity index (χ0n) is 17.8. The van der Waals surface area contributed by atoms with Crippen LogP contribution in [0.3, 0.4) is 0 Å². The number of pyridine rings is 1. The van der Waals surface area contributed by atoms with Crippen LogP contribution in [0.15, 0.2) is 41.5 Å². The van der Waals surface area contributed by atoms with Crippen molar-refractivity contribution in [3.8, 4) is 0 Å². The van der Waals surface area contributed by atoms with Gasteiger partial charge in [-0.3, -0.25) is 19.6 Å². The molecule has 2 amide bonds. The monoisotopic (exact) mass is 483 g/mol. The molecule has 1 aromatic carbocycles. The van der Waals surface area contributed by atoms with Gasteiger partial charge in [0.1, 0.15) is 17.2 Å². The minimum absolute atomic E-state index is 0.0249. The van der Waals surface area contributed by atoms with Crippen molar-refractivity contribution in [1.82, 2.24) is 24.6 Å². The average Bonchev–Trinajstić information content (AvgIpc) is 3.43. The first kappa shape index (κ1) is 21.8. The van der Waals surface area contributed by atoms with E-state index in [1.165, 1.54) is 30.5 Å². The summed E-state index contributed by atoms with van der Waals surface area (Å²) in [5.74, 6) is -1.24. The van der Waals surface area contributed by atoms with E-state index in [1.54, 1.807) is 9.58 Å². The summed E-state index contributed by atoms with van der Waals surface area (Å²) in [6, 6.07) is 3.47. The van der Waals surface area contributed by atoms with E-state index in [1.807, 2.05) is 0 Å². The zero-order valence-corrected chi connectivity index (χ0v) is 18.5. The quantitative estimate of drug-likeness (QED) is 0.424. The number of nitrogen functional groups attached to an aromatic ring is 1. The van der Waals surface area contributed by atoms with Crippen molar-refractivity contribution in [3.05, 3.63) is 53.6 Å². The minimum Gasteiger partial charge on any atom is -0.423 e. The highest BCUT2D eigenvalue weighted by Crippen LogP contribution is 2.34. The van der Waals surface area contributed by atoms with Crippen molar-refractivity contribution in [2.24, 2.45) is 0 Å². The molecule has 1 unspecified atom stereocenters. The van der Waals surface area contributed by atoms with Crippen molar-refractivity contribution in [3.63, 3.8) is 0 Å². The van der Waals surface area contributed by atoms with Crippen molar-refractivity contribution in [2.45, 2.75) is 18.9 Å². The second kappa shape index (κ2) is 8.41. The first-order valence-corrected chi connectivity index (χ1v) is 10.8. The Morgan fingerprint density at radius 2 is 2.21 bits per heavy atom. The van der Waals surface area contributed by atoms with Gasteiger partial charge < -0.3 is 15.1 Å². The Labute approximate surface area is 197 Å². The number of rotatable bonds is 4. The van der Waals surface area contributed by atoms with E-state index in [9.17, 15) is 14.0 Å². The predicted octanol–water partition coefficient (Wildman–Crippen LogP) is 3.55. The fraction of sp³-hybridized carbons (Fsp3) is 0.227. The molecule has 1 aliphatic heterocycles. The van der Waals surface area contributed by atoms with Crippen LogP contribution < -0.4 is 11.1 Å². The number of aromatic nitrogens is 4. The summed E-state index contributed by atoms with van der Waals surface area (Å²) in [6.07, 6.45) is 4.12. The number of nitrogens with zero attached hydrogens (tertiary/aromatic N) is 5. The third-order valence-electron chi connectivity index (χ3n) is 5.72. The molecule has 0 radical (unpaired) electrons. The third kappa shape index (κ3) is 3.73. The first-order valence-electron chi connectivity index (χ1n) is 10.5. The number of amides is 2. The van der Waals surface area contributed by atoms with Crippen LogP contribution in [-0.2, 0) is 4.79 Å². The summed E-state index contributed by atoms with van der Waals surface area (Å²) in [7, 11) is 0. The number of piperidine rings is 1. The van der Waals surface area contributed by atoms with Crippen LogP contribution in [0.4, 0.5) is 16.2 Å². The highest BCUT2D eigenvalue weighted by molar-refractivity contribution is 6.36. The highest BCUT2D eigenvalue weighted by atomic mass is 35.5. The Morgan fingerprint density at radius 1 is 1.38 bits per heavy atom. The van der Waals surface area contributed by atoms with Gasteiger partial charge >= 0.3 is 6.01 Å². The standard InChI is InChI=1S/C22H19ClFN7O3/c1-2-16(32)30-7-3-4-12(10-30)31-19-13(23)9-26-20(25)17(19)18(29-31)21(33)28-22-27-14-8-11(24)5-6-15(14)34-22/h2,5-6,8-9,12H,1,3-4,7,10H2,(H2,25,26)(H,27,28,33). The Bertz CT molecular complexity index is 1460. The number of nitrogens with two attached hydrogens (primary N) is 1. The number of anilines is 2. The number of fused-ring (bicyclic) bond motifs is 2. The van der Waals surface area contributed by atoms with Gasteiger partial charge in [-0.25, -0.2) is 9.37 Å². The SMILES string of the molecule is C=CC(=O)N1CCCC(n2nc(C(=O)Nc3nc4cc(F)ccc4o3)c3c(N)ncc(Cl)c32)C1. The van der Waals surface area contributed by atoms with Gasteiger partial charge in [-0.05, 0) is 31.1 Å². The van der Waals surface area contributed by atoms with E-state index in [2.05, 4.69) is 27.0 Å². The maximum atomic E-state index is 13.5. The number of benzene rings is 1. The normalized spacial score (nSPS) is 16.2. The number of nitrogens with one attached hydrogen (secondary N) is 1. The molecule has 0 spiro atoms. The molecule has 1 fully saturated rings. The molecule has 1 atom stereocenters. The Morgan fingerprint density at radius 3 is 3.00 bits per heavy atom. The summed E-state index contributed by atoms with van der Waals surface area (Å²) in [5, 5.41) is 7.61. The lowest BCUT2D eigenvalue weighted by Gasteiger charge is -2.32. The van der Waals surface area contributed by atoms with E-state index in [0.717, 1.165) is 6.42 Å². The van der Waals surface area contributed by atoms with E-state index >= 15 is 0 Å². The second-order valence-corrected chi connectivity index (χ2v) is 8.28. The van der Waals surface area contributed by atoms with E-state index in [4.69, 9.17) is 21.8 Å². The van der Waals surface area contributed by atoms with Gasteiger partial charge in [0.15, 0.2) is 11.3 Å². The van der Waals surface area contributed by atoms with Crippen LogP contribution in [0.25, 0.3) is 22.0 Å². The van der Waals surface area contributed by atoms with Gasteiger partial charge in [-0.15, -0.1) is 0 Å². The molecule has 0 aliphatic carbocycles. The van der Waals surface area contributed by atoms with Crippen molar-refractivity contribution >= 4 is 57.3 Å². The number of carbonyl (C=O) groups excluding carboxylic acids is 2. The van der Waals surface area contributed by atoms with Crippen LogP contribution in [0.5, 0.6) is 0 Å². The van der Waals surface area contributed by atoms with E-state index in [-0.39, 0.29) is 45.4 Å². The second-order valence-electron chi connectivity index (χ2n) is 7.88. The van der Waals surface area contributed by atoms with Crippen LogP contribution >= 0.6 is 11.6 Å². The lowest BCUT2D eigenvalue weighted by atomic mass is 10.1. The lowest BCUT2D eigenvalue weighted by molar-refractivity contribution is -0.127. The first-order chi connectivity index (χ1) is 16.4. The van der Waals surface area contributed by atoms with Gasteiger partial charge in [0, 0.05) is 19.2 Å².